The lowest BCUT2D eigenvalue weighted by Crippen LogP contribution is -2.39. The second kappa shape index (κ2) is 6.86. The molecule has 1 fully saturated rings. The van der Waals surface area contributed by atoms with Gasteiger partial charge >= 0.3 is 0 Å². The largest absolute Gasteiger partial charge is 0.393 e. The van der Waals surface area contributed by atoms with Crippen LogP contribution in [0.4, 0.5) is 0 Å². The summed E-state index contributed by atoms with van der Waals surface area (Å²) in [4.78, 5) is 11.3. The smallest absolute Gasteiger partial charge is 0.234 e. The first kappa shape index (κ1) is 13.5. The second-order valence-electron chi connectivity index (χ2n) is 5.04. The van der Waals surface area contributed by atoms with E-state index in [9.17, 15) is 9.90 Å². The van der Waals surface area contributed by atoms with Crippen LogP contribution in [-0.2, 0) is 4.79 Å². The van der Waals surface area contributed by atoms with E-state index in [1.807, 2.05) is 13.8 Å². The normalized spacial score (nSPS) is 25.8. The lowest BCUT2D eigenvalue weighted by Gasteiger charge is -2.25. The fraction of sp³-hybridized carbons (Fsp3) is 0.917. The van der Waals surface area contributed by atoms with Gasteiger partial charge < -0.3 is 15.7 Å². The molecule has 0 aromatic heterocycles. The summed E-state index contributed by atoms with van der Waals surface area (Å²) in [6.45, 7) is 5.12. The van der Waals surface area contributed by atoms with Crippen molar-refractivity contribution in [2.24, 2.45) is 5.92 Å². The predicted molar refractivity (Wildman–Crippen MR) is 64.1 cm³/mol. The number of amides is 1. The van der Waals surface area contributed by atoms with Crippen molar-refractivity contribution in [1.82, 2.24) is 10.6 Å². The topological polar surface area (TPSA) is 61.4 Å². The number of aliphatic hydroxyl groups is 1. The highest BCUT2D eigenvalue weighted by Crippen LogP contribution is 2.23. The molecule has 1 rings (SSSR count). The van der Waals surface area contributed by atoms with Crippen LogP contribution in [-0.4, -0.2) is 36.2 Å². The minimum atomic E-state index is -0.134. The second-order valence-corrected chi connectivity index (χ2v) is 5.04. The molecule has 3 N–H and O–H groups in total. The zero-order valence-corrected chi connectivity index (χ0v) is 10.3. The molecule has 16 heavy (non-hydrogen) atoms. The molecule has 0 saturated heterocycles. The minimum absolute atomic E-state index is 0.0476. The number of hydrogen-bond acceptors (Lipinski definition) is 3. The van der Waals surface area contributed by atoms with Crippen molar-refractivity contribution in [1.29, 1.82) is 0 Å². The summed E-state index contributed by atoms with van der Waals surface area (Å²) in [5.74, 6) is 0.571. The molecule has 1 aliphatic carbocycles. The van der Waals surface area contributed by atoms with Gasteiger partial charge in [0.25, 0.3) is 0 Å². The number of carbonyl (C=O) groups excluding carboxylic acids is 1. The Bertz CT molecular complexity index is 219. The molecule has 2 unspecified atom stereocenters. The Morgan fingerprint density at radius 3 is 2.81 bits per heavy atom. The number of rotatable bonds is 5. The van der Waals surface area contributed by atoms with E-state index in [0.717, 1.165) is 32.2 Å². The molecule has 0 heterocycles. The quantitative estimate of drug-likeness (QED) is 0.647. The maximum atomic E-state index is 11.3. The Labute approximate surface area is 97.8 Å². The molecule has 0 spiro atoms. The van der Waals surface area contributed by atoms with Crippen LogP contribution in [0.2, 0.25) is 0 Å². The maximum absolute atomic E-state index is 11.3. The van der Waals surface area contributed by atoms with E-state index in [0.29, 0.717) is 12.5 Å². The van der Waals surface area contributed by atoms with Crippen LogP contribution in [0.15, 0.2) is 0 Å². The molecular formula is C12H24N2O2. The summed E-state index contributed by atoms with van der Waals surface area (Å²) >= 11 is 0. The first-order chi connectivity index (χ1) is 7.58. The molecule has 0 aromatic carbocycles. The number of carbonyl (C=O) groups is 1. The van der Waals surface area contributed by atoms with Crippen LogP contribution in [0.1, 0.15) is 39.5 Å². The molecule has 0 bridgehead atoms. The van der Waals surface area contributed by atoms with Crippen molar-refractivity contribution in [3.05, 3.63) is 0 Å². The van der Waals surface area contributed by atoms with Gasteiger partial charge in [0.05, 0.1) is 12.6 Å². The van der Waals surface area contributed by atoms with Crippen molar-refractivity contribution in [3.63, 3.8) is 0 Å². The van der Waals surface area contributed by atoms with Crippen molar-refractivity contribution < 1.29 is 9.90 Å². The molecule has 1 amide bonds. The Kier molecular flexibility index (Phi) is 5.77. The van der Waals surface area contributed by atoms with Gasteiger partial charge in [-0.2, -0.15) is 0 Å². The molecule has 0 aromatic rings. The monoisotopic (exact) mass is 228 g/mol. The van der Waals surface area contributed by atoms with E-state index in [1.165, 1.54) is 0 Å². The molecular weight excluding hydrogens is 204 g/mol. The van der Waals surface area contributed by atoms with Gasteiger partial charge in [0.15, 0.2) is 0 Å². The number of nitrogens with one attached hydrogen (secondary N) is 2. The molecule has 94 valence electrons. The first-order valence-corrected chi connectivity index (χ1v) is 6.26. The zero-order chi connectivity index (χ0) is 12.0. The average Bonchev–Trinajstić information content (AvgIpc) is 2.16. The van der Waals surface area contributed by atoms with E-state index in [2.05, 4.69) is 10.6 Å². The van der Waals surface area contributed by atoms with Gasteiger partial charge in [-0.15, -0.1) is 0 Å². The summed E-state index contributed by atoms with van der Waals surface area (Å²) < 4.78 is 0. The van der Waals surface area contributed by atoms with Crippen molar-refractivity contribution in [3.8, 4) is 0 Å². The van der Waals surface area contributed by atoms with Crippen LogP contribution in [0, 0.1) is 5.92 Å². The predicted octanol–water partition coefficient (Wildman–Crippen LogP) is 0.652. The van der Waals surface area contributed by atoms with E-state index in [1.54, 1.807) is 0 Å². The summed E-state index contributed by atoms with van der Waals surface area (Å²) in [5.41, 5.74) is 0. The molecule has 1 saturated carbocycles. The highest BCUT2D eigenvalue weighted by Gasteiger charge is 2.19. The Balaban J connectivity index is 2.08. The zero-order valence-electron chi connectivity index (χ0n) is 10.3. The Morgan fingerprint density at radius 2 is 2.19 bits per heavy atom. The third kappa shape index (κ3) is 5.47. The fourth-order valence-corrected chi connectivity index (χ4v) is 2.21. The van der Waals surface area contributed by atoms with E-state index >= 15 is 0 Å². The number of hydrogen-bond donors (Lipinski definition) is 3. The van der Waals surface area contributed by atoms with Crippen LogP contribution in [0.3, 0.4) is 0 Å². The van der Waals surface area contributed by atoms with E-state index < -0.39 is 0 Å². The van der Waals surface area contributed by atoms with Gasteiger partial charge in [0, 0.05) is 6.04 Å². The van der Waals surface area contributed by atoms with Gasteiger partial charge in [0.2, 0.25) is 5.91 Å². The minimum Gasteiger partial charge on any atom is -0.393 e. The van der Waals surface area contributed by atoms with Crippen molar-refractivity contribution >= 4 is 5.91 Å². The van der Waals surface area contributed by atoms with Crippen molar-refractivity contribution in [2.45, 2.75) is 51.7 Å². The van der Waals surface area contributed by atoms with Crippen molar-refractivity contribution in [2.75, 3.05) is 13.1 Å². The standard InChI is InChI=1S/C12H24N2O2/c1-9(2)14-12(16)8-13-7-10-4-3-5-11(15)6-10/h9-11,13,15H,3-8H2,1-2H3,(H,14,16). The third-order valence-corrected chi connectivity index (χ3v) is 2.92. The van der Waals surface area contributed by atoms with Gasteiger partial charge in [0.1, 0.15) is 0 Å². The highest BCUT2D eigenvalue weighted by molar-refractivity contribution is 5.78. The lowest BCUT2D eigenvalue weighted by atomic mass is 9.87. The molecule has 0 radical (unpaired) electrons. The van der Waals surface area contributed by atoms with Gasteiger partial charge in [-0.25, -0.2) is 0 Å². The number of aliphatic hydroxyl groups excluding tert-OH is 1. The Hall–Kier alpha value is -0.610. The summed E-state index contributed by atoms with van der Waals surface area (Å²) in [5, 5.41) is 15.5. The van der Waals surface area contributed by atoms with Crippen LogP contribution >= 0.6 is 0 Å². The Morgan fingerprint density at radius 1 is 1.44 bits per heavy atom. The first-order valence-electron chi connectivity index (χ1n) is 6.26. The van der Waals surface area contributed by atoms with E-state index in [4.69, 9.17) is 0 Å². The molecule has 4 nitrogen and oxygen atoms in total. The average molecular weight is 228 g/mol. The SMILES string of the molecule is CC(C)NC(=O)CNCC1CCCC(O)C1. The van der Waals surface area contributed by atoms with Gasteiger partial charge in [-0.05, 0) is 45.6 Å². The van der Waals surface area contributed by atoms with Gasteiger partial charge in [-0.1, -0.05) is 6.42 Å². The summed E-state index contributed by atoms with van der Waals surface area (Å²) in [6, 6.07) is 0.200. The molecule has 4 heteroatoms. The van der Waals surface area contributed by atoms with Crippen LogP contribution in [0.25, 0.3) is 0 Å². The van der Waals surface area contributed by atoms with E-state index in [-0.39, 0.29) is 18.1 Å². The van der Waals surface area contributed by atoms with Gasteiger partial charge in [-0.3, -0.25) is 4.79 Å². The third-order valence-electron chi connectivity index (χ3n) is 2.92. The molecule has 0 aliphatic heterocycles. The molecule has 2 atom stereocenters. The van der Waals surface area contributed by atoms with Crippen LogP contribution in [0.5, 0.6) is 0 Å². The summed E-state index contributed by atoms with van der Waals surface area (Å²) in [6.07, 6.45) is 3.94. The summed E-state index contributed by atoms with van der Waals surface area (Å²) in [7, 11) is 0. The van der Waals surface area contributed by atoms with Crippen LogP contribution < -0.4 is 10.6 Å². The molecule has 1 aliphatic rings. The highest BCUT2D eigenvalue weighted by atomic mass is 16.3. The maximum Gasteiger partial charge on any atom is 0.234 e. The lowest BCUT2D eigenvalue weighted by molar-refractivity contribution is -0.120. The fourth-order valence-electron chi connectivity index (χ4n) is 2.21.